The van der Waals surface area contributed by atoms with Gasteiger partial charge in [-0.3, -0.25) is 4.79 Å². The van der Waals surface area contributed by atoms with Gasteiger partial charge in [-0.1, -0.05) is 0 Å². The zero-order valence-corrected chi connectivity index (χ0v) is 13.3. The highest BCUT2D eigenvalue weighted by molar-refractivity contribution is 7.89. The molecule has 0 saturated carbocycles. The second kappa shape index (κ2) is 6.24. The number of nitrogens with zero attached hydrogens (tertiary/aromatic N) is 1. The van der Waals surface area contributed by atoms with Crippen molar-refractivity contribution in [1.29, 1.82) is 5.26 Å². The summed E-state index contributed by atoms with van der Waals surface area (Å²) in [4.78, 5) is 11.7. The van der Waals surface area contributed by atoms with Gasteiger partial charge in [-0.25, -0.2) is 13.1 Å². The number of sulfonamides is 1. The first-order valence-electron chi connectivity index (χ1n) is 6.36. The van der Waals surface area contributed by atoms with Crippen LogP contribution in [0.4, 0.5) is 0 Å². The van der Waals surface area contributed by atoms with Crippen LogP contribution in [0.3, 0.4) is 0 Å². The van der Waals surface area contributed by atoms with Crippen molar-refractivity contribution in [2.75, 3.05) is 6.54 Å². The molecule has 0 fully saturated rings. The maximum Gasteiger partial charge on any atom is 0.241 e. The molecule has 1 aromatic rings. The van der Waals surface area contributed by atoms with E-state index in [1.54, 1.807) is 6.92 Å². The van der Waals surface area contributed by atoms with E-state index in [0.29, 0.717) is 11.1 Å². The minimum atomic E-state index is -3.78. The minimum absolute atomic E-state index is 0.0301. The number of hydrogen-bond donors (Lipinski definition) is 2. The number of nitrogens with one attached hydrogen (secondary N) is 2. The zero-order valence-electron chi connectivity index (χ0n) is 12.5. The summed E-state index contributed by atoms with van der Waals surface area (Å²) in [5.41, 5.74) is 0.562. The fourth-order valence-electron chi connectivity index (χ4n) is 1.64. The summed E-state index contributed by atoms with van der Waals surface area (Å²) < 4.78 is 26.4. The molecule has 0 unspecified atom stereocenters. The van der Waals surface area contributed by atoms with E-state index < -0.39 is 21.5 Å². The van der Waals surface area contributed by atoms with E-state index in [0.717, 1.165) is 0 Å². The van der Waals surface area contributed by atoms with Gasteiger partial charge in [0.05, 0.1) is 23.1 Å². The zero-order chi connectivity index (χ0) is 16.3. The van der Waals surface area contributed by atoms with E-state index >= 15 is 0 Å². The van der Waals surface area contributed by atoms with E-state index in [2.05, 4.69) is 10.0 Å². The number of aryl methyl sites for hydroxylation is 1. The Morgan fingerprint density at radius 3 is 2.43 bits per heavy atom. The van der Waals surface area contributed by atoms with Gasteiger partial charge in [0.15, 0.2) is 0 Å². The second-order valence-corrected chi connectivity index (χ2v) is 7.48. The maximum atomic E-state index is 12.1. The number of nitriles is 1. The Morgan fingerprint density at radius 2 is 1.95 bits per heavy atom. The molecule has 0 atom stereocenters. The number of benzene rings is 1. The van der Waals surface area contributed by atoms with Crippen LogP contribution in [0.15, 0.2) is 23.1 Å². The molecule has 0 saturated heterocycles. The topological polar surface area (TPSA) is 99.1 Å². The average Bonchev–Trinajstić information content (AvgIpc) is 2.34. The van der Waals surface area contributed by atoms with E-state index in [4.69, 9.17) is 5.26 Å². The van der Waals surface area contributed by atoms with Gasteiger partial charge < -0.3 is 5.32 Å². The third-order valence-electron chi connectivity index (χ3n) is 2.57. The Labute approximate surface area is 125 Å². The number of rotatable bonds is 4. The van der Waals surface area contributed by atoms with Crippen molar-refractivity contribution in [2.45, 2.75) is 38.1 Å². The Bertz CT molecular complexity index is 682. The van der Waals surface area contributed by atoms with E-state index in [-0.39, 0.29) is 11.4 Å². The molecule has 0 heterocycles. The van der Waals surface area contributed by atoms with Gasteiger partial charge in [0, 0.05) is 5.54 Å². The largest absolute Gasteiger partial charge is 0.350 e. The molecule has 6 nitrogen and oxygen atoms in total. The van der Waals surface area contributed by atoms with Crippen molar-refractivity contribution in [3.05, 3.63) is 29.3 Å². The molecule has 0 aromatic heterocycles. The molecule has 1 aromatic carbocycles. The normalized spacial score (nSPS) is 11.8. The average molecular weight is 309 g/mol. The summed E-state index contributed by atoms with van der Waals surface area (Å²) in [5.74, 6) is -0.406. The molecule has 0 spiro atoms. The lowest BCUT2D eigenvalue weighted by Gasteiger charge is -2.20. The molecule has 1 amide bonds. The van der Waals surface area contributed by atoms with Crippen molar-refractivity contribution >= 4 is 15.9 Å². The molecule has 0 aliphatic carbocycles. The smallest absolute Gasteiger partial charge is 0.241 e. The molecule has 0 bridgehead atoms. The standard InChI is InChI=1S/C14H19N3O3S/c1-10-7-12(6-5-11(10)8-15)21(19,20)16-9-13(18)17-14(2,3)4/h5-7,16H,9H2,1-4H3,(H,17,18). The Kier molecular flexibility index (Phi) is 5.10. The first-order valence-corrected chi connectivity index (χ1v) is 7.85. The molecular formula is C14H19N3O3S. The summed E-state index contributed by atoms with van der Waals surface area (Å²) in [6.45, 7) is 6.75. The monoisotopic (exact) mass is 309 g/mol. The Balaban J connectivity index is 2.81. The Morgan fingerprint density at radius 1 is 1.33 bits per heavy atom. The highest BCUT2D eigenvalue weighted by Gasteiger charge is 2.19. The first kappa shape index (κ1) is 17.1. The van der Waals surface area contributed by atoms with Crippen LogP contribution in [0.5, 0.6) is 0 Å². The molecule has 0 radical (unpaired) electrons. The van der Waals surface area contributed by atoms with Gasteiger partial charge in [0.1, 0.15) is 0 Å². The van der Waals surface area contributed by atoms with Gasteiger partial charge >= 0.3 is 0 Å². The lowest BCUT2D eigenvalue weighted by molar-refractivity contribution is -0.121. The number of carbonyl (C=O) groups excluding carboxylic acids is 1. The van der Waals surface area contributed by atoms with E-state index in [9.17, 15) is 13.2 Å². The van der Waals surface area contributed by atoms with Crippen molar-refractivity contribution in [3.8, 4) is 6.07 Å². The summed E-state index contributed by atoms with van der Waals surface area (Å²) >= 11 is 0. The van der Waals surface area contributed by atoms with Crippen molar-refractivity contribution < 1.29 is 13.2 Å². The summed E-state index contributed by atoms with van der Waals surface area (Å²) in [7, 11) is -3.78. The van der Waals surface area contributed by atoms with E-state index in [1.807, 2.05) is 26.8 Å². The lowest BCUT2D eigenvalue weighted by atomic mass is 10.1. The van der Waals surface area contributed by atoms with Crippen LogP contribution in [0.2, 0.25) is 0 Å². The lowest BCUT2D eigenvalue weighted by Crippen LogP contribution is -2.45. The van der Waals surface area contributed by atoms with Gasteiger partial charge in [-0.15, -0.1) is 0 Å². The Hall–Kier alpha value is -1.91. The molecule has 0 aliphatic rings. The highest BCUT2D eigenvalue weighted by Crippen LogP contribution is 2.14. The van der Waals surface area contributed by atoms with Gasteiger partial charge in [-0.05, 0) is 51.5 Å². The molecule has 2 N–H and O–H groups in total. The van der Waals surface area contributed by atoms with Gasteiger partial charge in [0.2, 0.25) is 15.9 Å². The van der Waals surface area contributed by atoms with Crippen LogP contribution in [-0.4, -0.2) is 26.4 Å². The van der Waals surface area contributed by atoms with Crippen LogP contribution in [0.25, 0.3) is 0 Å². The molecule has 1 rings (SSSR count). The third kappa shape index (κ3) is 5.17. The minimum Gasteiger partial charge on any atom is -0.350 e. The van der Waals surface area contributed by atoms with Crippen molar-refractivity contribution in [3.63, 3.8) is 0 Å². The van der Waals surface area contributed by atoms with Crippen molar-refractivity contribution in [1.82, 2.24) is 10.0 Å². The molecule has 0 aliphatic heterocycles. The predicted molar refractivity (Wildman–Crippen MR) is 79.0 cm³/mol. The fourth-order valence-corrected chi connectivity index (χ4v) is 2.70. The third-order valence-corrected chi connectivity index (χ3v) is 3.96. The summed E-state index contributed by atoms with van der Waals surface area (Å²) in [6, 6.07) is 6.16. The van der Waals surface area contributed by atoms with Crippen LogP contribution < -0.4 is 10.0 Å². The SMILES string of the molecule is Cc1cc(S(=O)(=O)NCC(=O)NC(C)(C)C)ccc1C#N. The number of hydrogen-bond acceptors (Lipinski definition) is 4. The maximum absolute atomic E-state index is 12.1. The molecular weight excluding hydrogens is 290 g/mol. The van der Waals surface area contributed by atoms with Gasteiger partial charge in [-0.2, -0.15) is 5.26 Å². The second-order valence-electron chi connectivity index (χ2n) is 5.71. The number of carbonyl (C=O) groups is 1. The fraction of sp³-hybridized carbons (Fsp3) is 0.429. The quantitative estimate of drug-likeness (QED) is 0.868. The van der Waals surface area contributed by atoms with Crippen LogP contribution in [0.1, 0.15) is 31.9 Å². The van der Waals surface area contributed by atoms with Crippen LogP contribution >= 0.6 is 0 Å². The molecule has 114 valence electrons. The molecule has 7 heteroatoms. The van der Waals surface area contributed by atoms with Crippen molar-refractivity contribution in [2.24, 2.45) is 0 Å². The predicted octanol–water partition coefficient (Wildman–Crippen LogP) is 1.06. The summed E-state index contributed by atoms with van der Waals surface area (Å²) in [5, 5.41) is 11.5. The van der Waals surface area contributed by atoms with Crippen LogP contribution in [0, 0.1) is 18.3 Å². The van der Waals surface area contributed by atoms with Crippen LogP contribution in [-0.2, 0) is 14.8 Å². The number of amides is 1. The molecule has 21 heavy (non-hydrogen) atoms. The summed E-state index contributed by atoms with van der Waals surface area (Å²) in [6.07, 6.45) is 0. The van der Waals surface area contributed by atoms with E-state index in [1.165, 1.54) is 18.2 Å². The first-order chi connectivity index (χ1) is 9.55. The highest BCUT2D eigenvalue weighted by atomic mass is 32.2. The van der Waals surface area contributed by atoms with Gasteiger partial charge in [0.25, 0.3) is 0 Å².